The molecule has 1 saturated carbocycles. The smallest absolute Gasteiger partial charge is 0.263 e. The summed E-state index contributed by atoms with van der Waals surface area (Å²) in [5.74, 6) is -0.588. The first-order chi connectivity index (χ1) is 14.7. The van der Waals surface area contributed by atoms with Gasteiger partial charge in [-0.05, 0) is 49.1 Å². The number of carbonyl (C=O) groups excluding carboxylic acids is 2. The topological polar surface area (TPSA) is 117 Å². The summed E-state index contributed by atoms with van der Waals surface area (Å²) in [6.45, 7) is 3.67. The number of fused-ring (bicyclic) bond motifs is 1. The minimum absolute atomic E-state index is 0.144. The minimum atomic E-state index is -3.69. The van der Waals surface area contributed by atoms with Gasteiger partial charge in [-0.3, -0.25) is 19.3 Å². The van der Waals surface area contributed by atoms with Crippen LogP contribution >= 0.6 is 0 Å². The Morgan fingerprint density at radius 1 is 1.10 bits per heavy atom. The first-order valence-corrected chi connectivity index (χ1v) is 11.6. The average molecular weight is 441 g/mol. The van der Waals surface area contributed by atoms with E-state index in [0.717, 1.165) is 12.8 Å². The van der Waals surface area contributed by atoms with Crippen LogP contribution in [-0.2, 0) is 14.8 Å². The van der Waals surface area contributed by atoms with Crippen LogP contribution in [0, 0.1) is 5.92 Å². The van der Waals surface area contributed by atoms with Crippen LogP contribution in [0.5, 0.6) is 0 Å². The number of amides is 2. The van der Waals surface area contributed by atoms with Crippen LogP contribution in [0.15, 0.2) is 58.4 Å². The molecule has 3 N–H and O–H groups in total. The molecule has 0 saturated heterocycles. The maximum absolute atomic E-state index is 13.0. The maximum Gasteiger partial charge on any atom is 0.263 e. The molecule has 162 valence electrons. The lowest BCUT2D eigenvalue weighted by molar-refractivity contribution is -0.118. The van der Waals surface area contributed by atoms with Gasteiger partial charge in [0.05, 0.1) is 4.90 Å². The van der Waals surface area contributed by atoms with Gasteiger partial charge in [0, 0.05) is 22.9 Å². The molecule has 2 amide bonds. The van der Waals surface area contributed by atoms with Gasteiger partial charge < -0.3 is 10.6 Å². The fourth-order valence-electron chi connectivity index (χ4n) is 3.33. The Balaban J connectivity index is 1.55. The SMILES string of the molecule is CC(C)[C@H](N=C1NS(=O)(=O)c2ccccc21)C(=O)Nc1cccc(C(=O)NC2CC2)c1. The summed E-state index contributed by atoms with van der Waals surface area (Å²) in [7, 11) is -3.69. The van der Waals surface area contributed by atoms with Crippen molar-refractivity contribution in [1.82, 2.24) is 10.0 Å². The Morgan fingerprint density at radius 2 is 1.84 bits per heavy atom. The summed E-state index contributed by atoms with van der Waals surface area (Å²) >= 11 is 0. The number of amidine groups is 1. The molecule has 0 spiro atoms. The van der Waals surface area contributed by atoms with E-state index in [9.17, 15) is 18.0 Å². The normalized spacial score (nSPS) is 18.9. The Hall–Kier alpha value is -3.20. The predicted octanol–water partition coefficient (Wildman–Crippen LogP) is 2.28. The van der Waals surface area contributed by atoms with Crippen LogP contribution in [0.2, 0.25) is 0 Å². The molecule has 1 heterocycles. The van der Waals surface area contributed by atoms with Crippen LogP contribution in [-0.4, -0.2) is 38.2 Å². The largest absolute Gasteiger partial charge is 0.349 e. The van der Waals surface area contributed by atoms with Crippen LogP contribution < -0.4 is 15.4 Å². The molecule has 2 aromatic rings. The number of nitrogens with zero attached hydrogens (tertiary/aromatic N) is 1. The highest BCUT2D eigenvalue weighted by molar-refractivity contribution is 7.90. The van der Waals surface area contributed by atoms with Crippen molar-refractivity contribution in [2.45, 2.75) is 43.7 Å². The molecule has 1 aliphatic heterocycles. The third-order valence-electron chi connectivity index (χ3n) is 5.14. The predicted molar refractivity (Wildman–Crippen MR) is 117 cm³/mol. The number of rotatable bonds is 6. The molecule has 1 aliphatic carbocycles. The molecule has 2 aliphatic rings. The van der Waals surface area contributed by atoms with Crippen LogP contribution in [0.1, 0.15) is 42.6 Å². The lowest BCUT2D eigenvalue weighted by Crippen LogP contribution is -2.34. The zero-order valence-electron chi connectivity index (χ0n) is 17.3. The monoisotopic (exact) mass is 440 g/mol. The van der Waals surface area contributed by atoms with Crippen molar-refractivity contribution < 1.29 is 18.0 Å². The van der Waals surface area contributed by atoms with Crippen molar-refractivity contribution in [1.29, 1.82) is 0 Å². The van der Waals surface area contributed by atoms with E-state index in [1.54, 1.807) is 42.5 Å². The Labute approximate surface area is 181 Å². The molecule has 1 fully saturated rings. The summed E-state index contributed by atoms with van der Waals surface area (Å²) in [6, 6.07) is 12.6. The summed E-state index contributed by atoms with van der Waals surface area (Å²) < 4.78 is 27.1. The molecule has 0 aromatic heterocycles. The molecule has 0 radical (unpaired) electrons. The molecule has 31 heavy (non-hydrogen) atoms. The summed E-state index contributed by atoms with van der Waals surface area (Å²) in [5.41, 5.74) is 1.39. The molecule has 9 heteroatoms. The number of anilines is 1. The van der Waals surface area contributed by atoms with Gasteiger partial charge in [-0.2, -0.15) is 0 Å². The highest BCUT2D eigenvalue weighted by Gasteiger charge is 2.32. The second kappa shape index (κ2) is 8.14. The molecule has 0 unspecified atom stereocenters. The van der Waals surface area contributed by atoms with Crippen molar-refractivity contribution in [3.8, 4) is 0 Å². The summed E-state index contributed by atoms with van der Waals surface area (Å²) in [6.07, 6.45) is 1.98. The molecule has 8 nitrogen and oxygen atoms in total. The molecule has 4 rings (SSSR count). The number of carbonyl (C=O) groups is 2. The highest BCUT2D eigenvalue weighted by Crippen LogP contribution is 2.24. The number of hydrogen-bond donors (Lipinski definition) is 3. The van der Waals surface area contributed by atoms with E-state index >= 15 is 0 Å². The van der Waals surface area contributed by atoms with Gasteiger partial charge in [0.1, 0.15) is 11.9 Å². The van der Waals surface area contributed by atoms with Crippen molar-refractivity contribution in [2.75, 3.05) is 5.32 Å². The summed E-state index contributed by atoms with van der Waals surface area (Å²) in [5, 5.41) is 5.72. The van der Waals surface area contributed by atoms with Gasteiger partial charge in [0.15, 0.2) is 0 Å². The van der Waals surface area contributed by atoms with E-state index < -0.39 is 16.1 Å². The maximum atomic E-state index is 13.0. The lowest BCUT2D eigenvalue weighted by atomic mass is 10.0. The average Bonchev–Trinajstić information content (AvgIpc) is 3.50. The van der Waals surface area contributed by atoms with Crippen LogP contribution in [0.3, 0.4) is 0 Å². The zero-order chi connectivity index (χ0) is 22.2. The number of sulfonamides is 1. The van der Waals surface area contributed by atoms with Gasteiger partial charge in [0.25, 0.3) is 15.9 Å². The molecular weight excluding hydrogens is 416 g/mol. The number of nitrogens with one attached hydrogen (secondary N) is 3. The minimum Gasteiger partial charge on any atom is -0.349 e. The van der Waals surface area contributed by atoms with E-state index in [2.05, 4.69) is 20.3 Å². The quantitative estimate of drug-likeness (QED) is 0.639. The lowest BCUT2D eigenvalue weighted by Gasteiger charge is -2.17. The van der Waals surface area contributed by atoms with Crippen LogP contribution in [0.4, 0.5) is 5.69 Å². The third-order valence-corrected chi connectivity index (χ3v) is 6.53. The van der Waals surface area contributed by atoms with E-state index in [4.69, 9.17) is 0 Å². The Morgan fingerprint density at radius 3 is 2.55 bits per heavy atom. The number of hydrogen-bond acceptors (Lipinski definition) is 5. The number of aliphatic imine (C=N–C) groups is 1. The molecule has 2 aromatic carbocycles. The second-order valence-electron chi connectivity index (χ2n) is 8.09. The molecular formula is C22H24N4O4S. The fourth-order valence-corrected chi connectivity index (χ4v) is 4.57. The van der Waals surface area contributed by atoms with Crippen molar-refractivity contribution in [3.05, 3.63) is 59.7 Å². The van der Waals surface area contributed by atoms with E-state index in [0.29, 0.717) is 16.8 Å². The third kappa shape index (κ3) is 4.61. The first-order valence-electron chi connectivity index (χ1n) is 10.2. The number of benzene rings is 2. The van der Waals surface area contributed by atoms with Gasteiger partial charge in [-0.1, -0.05) is 32.0 Å². The van der Waals surface area contributed by atoms with Crippen molar-refractivity contribution in [2.24, 2.45) is 10.9 Å². The Kier molecular flexibility index (Phi) is 5.53. The first kappa shape index (κ1) is 21.0. The van der Waals surface area contributed by atoms with Gasteiger partial charge in [0.2, 0.25) is 5.91 Å². The van der Waals surface area contributed by atoms with Crippen molar-refractivity contribution in [3.63, 3.8) is 0 Å². The van der Waals surface area contributed by atoms with Gasteiger partial charge in [-0.25, -0.2) is 8.42 Å². The van der Waals surface area contributed by atoms with Crippen LogP contribution in [0.25, 0.3) is 0 Å². The second-order valence-corrected chi connectivity index (χ2v) is 9.74. The van der Waals surface area contributed by atoms with E-state index in [-0.39, 0.29) is 34.5 Å². The van der Waals surface area contributed by atoms with E-state index in [1.807, 2.05) is 13.8 Å². The van der Waals surface area contributed by atoms with Crippen molar-refractivity contribution >= 4 is 33.4 Å². The Bertz CT molecular complexity index is 1170. The highest BCUT2D eigenvalue weighted by atomic mass is 32.2. The zero-order valence-corrected chi connectivity index (χ0v) is 18.1. The van der Waals surface area contributed by atoms with Gasteiger partial charge in [-0.15, -0.1) is 0 Å². The summed E-state index contributed by atoms with van der Waals surface area (Å²) in [4.78, 5) is 29.9. The van der Waals surface area contributed by atoms with Gasteiger partial charge >= 0.3 is 0 Å². The standard InChI is InChI=1S/C22H24N4O4S/c1-13(2)19(25-20-17-8-3-4-9-18(17)31(29,30)26-20)22(28)24-16-7-5-6-14(12-16)21(27)23-15-10-11-15/h3-9,12-13,15,19H,10-11H2,1-2H3,(H,23,27)(H,24,28)(H,25,26)/t19-/m0/s1. The molecule has 1 atom stereocenters. The molecule has 0 bridgehead atoms. The fraction of sp³-hybridized carbons (Fsp3) is 0.318. The van der Waals surface area contributed by atoms with E-state index in [1.165, 1.54) is 6.07 Å².